The SMILES string of the molecule is CCCCNc1ncnc2sc3c(c12)CCCCC3. The lowest BCUT2D eigenvalue weighted by atomic mass is 10.1. The van der Waals surface area contributed by atoms with Gasteiger partial charge in [-0.25, -0.2) is 9.97 Å². The lowest BCUT2D eigenvalue weighted by molar-refractivity contribution is 0.713. The summed E-state index contributed by atoms with van der Waals surface area (Å²) in [5.74, 6) is 1.05. The van der Waals surface area contributed by atoms with E-state index in [1.165, 1.54) is 60.7 Å². The first kappa shape index (κ1) is 12.9. The summed E-state index contributed by atoms with van der Waals surface area (Å²) in [5.41, 5.74) is 1.53. The third-order valence-electron chi connectivity index (χ3n) is 3.82. The van der Waals surface area contributed by atoms with E-state index >= 15 is 0 Å². The van der Waals surface area contributed by atoms with Crippen LogP contribution in [-0.4, -0.2) is 16.5 Å². The van der Waals surface area contributed by atoms with Crippen molar-refractivity contribution in [3.8, 4) is 0 Å². The van der Waals surface area contributed by atoms with Crippen LogP contribution in [-0.2, 0) is 12.8 Å². The molecular weight excluding hydrogens is 254 g/mol. The Hall–Kier alpha value is -1.16. The highest BCUT2D eigenvalue weighted by Crippen LogP contribution is 2.37. The molecule has 102 valence electrons. The molecule has 0 radical (unpaired) electrons. The maximum absolute atomic E-state index is 4.47. The lowest BCUT2D eigenvalue weighted by Crippen LogP contribution is -2.04. The first-order valence-corrected chi connectivity index (χ1v) is 8.21. The quantitative estimate of drug-likeness (QED) is 0.672. The Morgan fingerprint density at radius 1 is 1.21 bits per heavy atom. The van der Waals surface area contributed by atoms with Crippen LogP contribution in [0.2, 0.25) is 0 Å². The summed E-state index contributed by atoms with van der Waals surface area (Å²) in [4.78, 5) is 11.7. The van der Waals surface area contributed by atoms with Gasteiger partial charge in [-0.1, -0.05) is 19.8 Å². The summed E-state index contributed by atoms with van der Waals surface area (Å²) in [6, 6.07) is 0. The highest BCUT2D eigenvalue weighted by Gasteiger charge is 2.18. The zero-order valence-corrected chi connectivity index (χ0v) is 12.4. The molecule has 2 aromatic rings. The number of nitrogens with zero attached hydrogens (tertiary/aromatic N) is 2. The molecule has 0 saturated heterocycles. The molecule has 4 heteroatoms. The third kappa shape index (κ3) is 2.59. The van der Waals surface area contributed by atoms with E-state index < -0.39 is 0 Å². The Morgan fingerprint density at radius 3 is 3.00 bits per heavy atom. The molecule has 0 bridgehead atoms. The van der Waals surface area contributed by atoms with Crippen molar-refractivity contribution in [3.05, 3.63) is 16.8 Å². The second-order valence-electron chi connectivity index (χ2n) is 5.25. The number of aromatic nitrogens is 2. The number of hydrogen-bond acceptors (Lipinski definition) is 4. The highest BCUT2D eigenvalue weighted by molar-refractivity contribution is 7.18. The molecule has 2 aromatic heterocycles. The number of hydrogen-bond donors (Lipinski definition) is 1. The average Bonchev–Trinajstić information content (AvgIpc) is 2.63. The molecule has 0 amide bonds. The molecule has 0 aliphatic heterocycles. The normalized spacial score (nSPS) is 15.2. The van der Waals surface area contributed by atoms with E-state index in [-0.39, 0.29) is 0 Å². The molecule has 0 saturated carbocycles. The van der Waals surface area contributed by atoms with E-state index in [9.17, 15) is 0 Å². The summed E-state index contributed by atoms with van der Waals surface area (Å²) in [5, 5.41) is 4.81. The van der Waals surface area contributed by atoms with Crippen LogP contribution in [0.25, 0.3) is 10.2 Å². The molecule has 1 aliphatic carbocycles. The minimum absolute atomic E-state index is 1.01. The molecule has 0 fully saturated rings. The topological polar surface area (TPSA) is 37.8 Å². The third-order valence-corrected chi connectivity index (χ3v) is 5.02. The fourth-order valence-electron chi connectivity index (χ4n) is 2.78. The van der Waals surface area contributed by atoms with Gasteiger partial charge >= 0.3 is 0 Å². The fraction of sp³-hybridized carbons (Fsp3) is 0.600. The molecule has 19 heavy (non-hydrogen) atoms. The van der Waals surface area contributed by atoms with Crippen LogP contribution in [0.1, 0.15) is 49.5 Å². The Kier molecular flexibility index (Phi) is 3.97. The molecule has 3 nitrogen and oxygen atoms in total. The Labute approximate surface area is 118 Å². The van der Waals surface area contributed by atoms with Gasteiger partial charge < -0.3 is 5.32 Å². The molecule has 1 aliphatic rings. The molecule has 0 atom stereocenters. The Morgan fingerprint density at radius 2 is 2.11 bits per heavy atom. The van der Waals surface area contributed by atoms with E-state index in [4.69, 9.17) is 0 Å². The van der Waals surface area contributed by atoms with Gasteiger partial charge in [0.2, 0.25) is 0 Å². The summed E-state index contributed by atoms with van der Waals surface area (Å²) in [6.07, 6.45) is 10.5. The van der Waals surface area contributed by atoms with E-state index in [1.54, 1.807) is 11.2 Å². The summed E-state index contributed by atoms with van der Waals surface area (Å²) < 4.78 is 0. The van der Waals surface area contributed by atoms with Crippen molar-refractivity contribution in [2.45, 2.75) is 51.9 Å². The molecule has 3 rings (SSSR count). The van der Waals surface area contributed by atoms with Crippen LogP contribution in [0.15, 0.2) is 6.33 Å². The van der Waals surface area contributed by atoms with Crippen LogP contribution in [0.5, 0.6) is 0 Å². The Bertz CT molecular complexity index is 562. The minimum atomic E-state index is 1.01. The summed E-state index contributed by atoms with van der Waals surface area (Å²) >= 11 is 1.88. The first-order valence-electron chi connectivity index (χ1n) is 7.39. The van der Waals surface area contributed by atoms with Crippen molar-refractivity contribution < 1.29 is 0 Å². The van der Waals surface area contributed by atoms with Crippen molar-refractivity contribution in [1.82, 2.24) is 9.97 Å². The lowest BCUT2D eigenvalue weighted by Gasteiger charge is -2.07. The van der Waals surface area contributed by atoms with Crippen LogP contribution < -0.4 is 5.32 Å². The standard InChI is InChI=1S/C15H21N3S/c1-2-3-9-16-14-13-11-7-5-4-6-8-12(11)19-15(13)18-10-17-14/h10H,2-9H2,1H3,(H,16,17,18). The largest absolute Gasteiger partial charge is 0.369 e. The number of aryl methyl sites for hydroxylation is 2. The number of unbranched alkanes of at least 4 members (excludes halogenated alkanes) is 1. The monoisotopic (exact) mass is 275 g/mol. The predicted octanol–water partition coefficient (Wildman–Crippen LogP) is 4.17. The molecule has 2 heterocycles. The highest BCUT2D eigenvalue weighted by atomic mass is 32.1. The van der Waals surface area contributed by atoms with Crippen molar-refractivity contribution in [2.24, 2.45) is 0 Å². The second-order valence-corrected chi connectivity index (χ2v) is 6.33. The molecule has 0 spiro atoms. The van der Waals surface area contributed by atoms with Gasteiger partial charge in [0.25, 0.3) is 0 Å². The summed E-state index contributed by atoms with van der Waals surface area (Å²) in [7, 11) is 0. The average molecular weight is 275 g/mol. The van der Waals surface area contributed by atoms with Crippen molar-refractivity contribution in [3.63, 3.8) is 0 Å². The molecular formula is C15H21N3S. The van der Waals surface area contributed by atoms with E-state index in [1.807, 2.05) is 11.3 Å². The molecule has 0 unspecified atom stereocenters. The van der Waals surface area contributed by atoms with Gasteiger partial charge in [0.1, 0.15) is 17.0 Å². The van der Waals surface area contributed by atoms with E-state index in [0.717, 1.165) is 12.4 Å². The maximum Gasteiger partial charge on any atom is 0.138 e. The number of rotatable bonds is 4. The van der Waals surface area contributed by atoms with Gasteiger partial charge in [0.05, 0.1) is 5.39 Å². The number of thiophene rings is 1. The van der Waals surface area contributed by atoms with Gasteiger partial charge in [0, 0.05) is 11.4 Å². The van der Waals surface area contributed by atoms with Gasteiger partial charge in [-0.05, 0) is 37.7 Å². The van der Waals surface area contributed by atoms with Crippen molar-refractivity contribution in [1.29, 1.82) is 0 Å². The fourth-order valence-corrected chi connectivity index (χ4v) is 4.01. The van der Waals surface area contributed by atoms with Gasteiger partial charge in [-0.2, -0.15) is 0 Å². The predicted molar refractivity (Wildman–Crippen MR) is 82.1 cm³/mol. The zero-order chi connectivity index (χ0) is 13.1. The van der Waals surface area contributed by atoms with Gasteiger partial charge in [-0.3, -0.25) is 0 Å². The molecule has 1 N–H and O–H groups in total. The van der Waals surface area contributed by atoms with Crippen LogP contribution in [0.3, 0.4) is 0 Å². The number of nitrogens with one attached hydrogen (secondary N) is 1. The first-order chi connectivity index (χ1) is 9.40. The van der Waals surface area contributed by atoms with Crippen LogP contribution in [0, 0.1) is 0 Å². The van der Waals surface area contributed by atoms with E-state index in [0.29, 0.717) is 0 Å². The second kappa shape index (κ2) is 5.87. The zero-order valence-electron chi connectivity index (χ0n) is 11.5. The summed E-state index contributed by atoms with van der Waals surface area (Å²) in [6.45, 7) is 3.22. The number of anilines is 1. The Balaban J connectivity index is 1.99. The van der Waals surface area contributed by atoms with Crippen LogP contribution in [0.4, 0.5) is 5.82 Å². The van der Waals surface area contributed by atoms with E-state index in [2.05, 4.69) is 22.2 Å². The molecule has 0 aromatic carbocycles. The van der Waals surface area contributed by atoms with Gasteiger partial charge in [-0.15, -0.1) is 11.3 Å². The van der Waals surface area contributed by atoms with Crippen molar-refractivity contribution >= 4 is 27.4 Å². The van der Waals surface area contributed by atoms with Crippen molar-refractivity contribution in [2.75, 3.05) is 11.9 Å². The smallest absolute Gasteiger partial charge is 0.138 e. The maximum atomic E-state index is 4.47. The van der Waals surface area contributed by atoms with Crippen LogP contribution >= 0.6 is 11.3 Å². The minimum Gasteiger partial charge on any atom is -0.369 e. The number of fused-ring (bicyclic) bond motifs is 3. The van der Waals surface area contributed by atoms with Gasteiger partial charge in [0.15, 0.2) is 0 Å².